The van der Waals surface area contributed by atoms with Crippen molar-refractivity contribution in [3.8, 4) is 34.5 Å². The van der Waals surface area contributed by atoms with Gasteiger partial charge in [-0.05, 0) is 157 Å². The Morgan fingerprint density at radius 1 is 0.291 bits per heavy atom. The first-order chi connectivity index (χ1) is 40.0. The van der Waals surface area contributed by atoms with Crippen molar-refractivity contribution in [3.05, 3.63) is 233 Å². The molecule has 2 aromatic heterocycles. The fraction of sp³-hybridized carbons (Fsp3) is 0.410. The molecule has 8 heteroatoms. The molecule has 6 aromatic carbocycles. The second kappa shape index (κ2) is 23.6. The van der Waals surface area contributed by atoms with Gasteiger partial charge in [-0.3, -0.25) is 9.97 Å². The van der Waals surface area contributed by atoms with Gasteiger partial charge in [0.1, 0.15) is 47.7 Å². The Morgan fingerprint density at radius 2 is 0.477 bits per heavy atom. The van der Waals surface area contributed by atoms with E-state index >= 15 is 0 Å². The third-order valence-corrected chi connectivity index (χ3v) is 17.2. The van der Waals surface area contributed by atoms with Crippen molar-refractivity contribution in [1.82, 2.24) is 9.97 Å². The highest BCUT2D eigenvalue weighted by atomic mass is 16.5. The van der Waals surface area contributed by atoms with Gasteiger partial charge in [0, 0.05) is 50.9 Å². The van der Waals surface area contributed by atoms with Crippen molar-refractivity contribution in [3.63, 3.8) is 0 Å². The molecule has 452 valence electrons. The number of fused-ring (bicyclic) bond motifs is 12. The predicted octanol–water partition coefficient (Wildman–Crippen LogP) is 18.1. The highest BCUT2D eigenvalue weighted by Gasteiger charge is 2.30. The molecule has 0 saturated heterocycles. The lowest BCUT2D eigenvalue weighted by Gasteiger charge is -2.28. The van der Waals surface area contributed by atoms with E-state index in [4.69, 9.17) is 19.4 Å². The van der Waals surface area contributed by atoms with Gasteiger partial charge >= 0.3 is 0 Å². The summed E-state index contributed by atoms with van der Waals surface area (Å²) in [6.45, 7) is 40.1. The van der Waals surface area contributed by atoms with Gasteiger partial charge in [-0.2, -0.15) is 0 Å². The molecule has 0 radical (unpaired) electrons. The number of nitrogens with zero attached hydrogens (tertiary/aromatic N) is 2. The van der Waals surface area contributed by atoms with Crippen LogP contribution in [0.25, 0.3) is 0 Å². The Kier molecular flexibility index (Phi) is 17.3. The summed E-state index contributed by atoms with van der Waals surface area (Å²) in [7, 11) is 0. The van der Waals surface area contributed by atoms with Gasteiger partial charge in [0.15, 0.2) is 0 Å². The number of benzene rings is 6. The normalized spacial score (nSPS) is 13.7. The number of pyridine rings is 2. The molecule has 0 spiro atoms. The monoisotopic (exact) mass is 1150 g/mol. The van der Waals surface area contributed by atoms with E-state index < -0.39 is 0 Å². The van der Waals surface area contributed by atoms with E-state index in [9.17, 15) is 20.4 Å². The fourth-order valence-electron chi connectivity index (χ4n) is 11.6. The standard InChI is InChI=1S/C78H94N2O6/c1-73(2,3)59-33-47-27-48-34-60(74(4,5)6)36-50(68(48)82)29-52-38-62(76(10,11)12)40-54(70(52)84)31-56-42-64(78(16,17)18)44-58(72(56)86-46-66-24-20-22-26-80-66)32-57-43-63(77(13,14)15)41-55(71(57)85-45-65-23-19-21-25-79-65)30-53-39-61(75(7,8)9)37-51(69(53)83)28-49(35-59)67(47)81/h19-26,33-44,81-84H,27-32,45-46H2,1-18H3. The van der Waals surface area contributed by atoms with E-state index in [1.807, 2.05) is 36.4 Å². The highest BCUT2D eigenvalue weighted by Crippen LogP contribution is 2.46. The largest absolute Gasteiger partial charge is 0.507 e. The smallest absolute Gasteiger partial charge is 0.130 e. The molecule has 86 heavy (non-hydrogen) atoms. The third kappa shape index (κ3) is 14.3. The maximum absolute atomic E-state index is 13.0. The van der Waals surface area contributed by atoms with Gasteiger partial charge in [-0.1, -0.05) is 210 Å². The van der Waals surface area contributed by atoms with Crippen molar-refractivity contribution in [2.75, 3.05) is 0 Å². The summed E-state index contributed by atoms with van der Waals surface area (Å²) < 4.78 is 14.4. The van der Waals surface area contributed by atoms with E-state index in [2.05, 4.69) is 197 Å². The molecule has 0 amide bonds. The minimum absolute atomic E-state index is 0.130. The molecule has 9 rings (SSSR count). The van der Waals surface area contributed by atoms with Crippen LogP contribution in [-0.2, 0) is 84.2 Å². The molecule has 8 nitrogen and oxygen atoms in total. The average molecular weight is 1160 g/mol. The number of phenolic OH excluding ortho intramolecular Hbond substituents is 4. The topological polar surface area (TPSA) is 125 Å². The van der Waals surface area contributed by atoms with Crippen molar-refractivity contribution in [2.45, 2.75) is 209 Å². The van der Waals surface area contributed by atoms with Crippen LogP contribution in [0.1, 0.15) is 236 Å². The molecule has 2 heterocycles. The van der Waals surface area contributed by atoms with Gasteiger partial charge in [-0.25, -0.2) is 0 Å². The first-order valence-electron chi connectivity index (χ1n) is 30.8. The van der Waals surface area contributed by atoms with Crippen molar-refractivity contribution in [2.24, 2.45) is 0 Å². The van der Waals surface area contributed by atoms with E-state index in [1.54, 1.807) is 12.4 Å². The Hall–Kier alpha value is -7.58. The first-order valence-corrected chi connectivity index (χ1v) is 30.8. The molecule has 0 saturated carbocycles. The molecule has 0 unspecified atom stereocenters. The van der Waals surface area contributed by atoms with Crippen molar-refractivity contribution < 1.29 is 29.9 Å². The molecule has 0 fully saturated rings. The lowest BCUT2D eigenvalue weighted by Crippen LogP contribution is -2.16. The number of aromatic nitrogens is 2. The van der Waals surface area contributed by atoms with Gasteiger partial charge in [0.2, 0.25) is 0 Å². The molecule has 0 atom stereocenters. The van der Waals surface area contributed by atoms with E-state index in [0.717, 1.165) is 78.1 Å². The number of phenols is 4. The predicted molar refractivity (Wildman–Crippen MR) is 351 cm³/mol. The lowest BCUT2D eigenvalue weighted by molar-refractivity contribution is 0.292. The molecular weight excluding hydrogens is 1060 g/mol. The van der Waals surface area contributed by atoms with E-state index in [1.165, 1.54) is 0 Å². The molecule has 12 bridgehead atoms. The lowest BCUT2D eigenvalue weighted by atomic mass is 9.79. The van der Waals surface area contributed by atoms with Gasteiger partial charge in [0.25, 0.3) is 0 Å². The number of aromatic hydroxyl groups is 4. The Balaban J connectivity index is 1.39. The SMILES string of the molecule is CC(C)(C)c1cc2c(O)c(c1)Cc1cc(C(C)(C)C)cc(c1O)Cc1cc(C(C)(C)C)cc(c1OCc1ccccn1)Cc1cc(C(C)(C)C)cc(c1OCc1ccccn1)Cc1cc(C(C)(C)C)cc(c1O)Cc1cc(C(C)(C)C)cc(c1O)C2. The summed E-state index contributed by atoms with van der Waals surface area (Å²) in [6.07, 6.45) is 5.41. The van der Waals surface area contributed by atoms with Gasteiger partial charge < -0.3 is 29.9 Å². The molecule has 1 aliphatic carbocycles. The molecule has 4 N–H and O–H groups in total. The zero-order valence-electron chi connectivity index (χ0n) is 54.7. The van der Waals surface area contributed by atoms with Crippen molar-refractivity contribution in [1.29, 1.82) is 0 Å². The van der Waals surface area contributed by atoms with E-state index in [0.29, 0.717) is 64.1 Å². The summed E-state index contributed by atoms with van der Waals surface area (Å²) >= 11 is 0. The number of ether oxygens (including phenoxy) is 2. The number of hydrogen-bond acceptors (Lipinski definition) is 8. The van der Waals surface area contributed by atoms with Crippen LogP contribution in [0.5, 0.6) is 34.5 Å². The zero-order valence-corrected chi connectivity index (χ0v) is 54.7. The molecule has 1 aliphatic rings. The summed E-state index contributed by atoms with van der Waals surface area (Å²) in [5.41, 5.74) is 15.5. The van der Waals surface area contributed by atoms with Crippen LogP contribution in [0.15, 0.2) is 122 Å². The van der Waals surface area contributed by atoms with Crippen LogP contribution in [0, 0.1) is 0 Å². The van der Waals surface area contributed by atoms with Crippen LogP contribution in [0.4, 0.5) is 0 Å². The maximum atomic E-state index is 13.0. The zero-order chi connectivity index (χ0) is 62.6. The van der Waals surface area contributed by atoms with Gasteiger partial charge in [-0.15, -0.1) is 0 Å². The van der Waals surface area contributed by atoms with Crippen LogP contribution < -0.4 is 9.47 Å². The van der Waals surface area contributed by atoms with Crippen LogP contribution in [-0.4, -0.2) is 30.4 Å². The Labute approximate surface area is 513 Å². The Bertz CT molecular complexity index is 3550. The fourth-order valence-corrected chi connectivity index (χ4v) is 11.6. The highest BCUT2D eigenvalue weighted by molar-refractivity contribution is 5.61. The van der Waals surface area contributed by atoms with Crippen molar-refractivity contribution >= 4 is 0 Å². The minimum atomic E-state index is -0.309. The van der Waals surface area contributed by atoms with Crippen LogP contribution in [0.2, 0.25) is 0 Å². The summed E-state index contributed by atoms with van der Waals surface area (Å²) in [5, 5.41) is 51.4. The number of hydrogen-bond donors (Lipinski definition) is 4. The van der Waals surface area contributed by atoms with Crippen LogP contribution >= 0.6 is 0 Å². The van der Waals surface area contributed by atoms with Crippen LogP contribution in [0.3, 0.4) is 0 Å². The van der Waals surface area contributed by atoms with E-state index in [-0.39, 0.29) is 88.0 Å². The quantitative estimate of drug-likeness (QED) is 0.130. The molecule has 8 aromatic rings. The summed E-state index contributed by atoms with van der Waals surface area (Å²) in [4.78, 5) is 9.42. The molecular formula is C78H94N2O6. The minimum Gasteiger partial charge on any atom is -0.507 e. The Morgan fingerprint density at radius 3 is 0.663 bits per heavy atom. The van der Waals surface area contributed by atoms with Gasteiger partial charge in [0.05, 0.1) is 11.4 Å². The number of rotatable bonds is 6. The summed E-state index contributed by atoms with van der Waals surface area (Å²) in [6, 6.07) is 37.6. The first kappa shape index (κ1) is 62.9. The maximum Gasteiger partial charge on any atom is 0.130 e. The summed E-state index contributed by atoms with van der Waals surface area (Å²) in [5.74, 6) is 2.01. The second-order valence-electron chi connectivity index (χ2n) is 30.6. The third-order valence-electron chi connectivity index (χ3n) is 17.2. The second-order valence-corrected chi connectivity index (χ2v) is 30.6. The average Bonchev–Trinajstić information content (AvgIpc) is 0.880. The molecule has 0 aliphatic heterocycles.